The predicted molar refractivity (Wildman–Crippen MR) is 108 cm³/mol. The van der Waals surface area contributed by atoms with E-state index >= 15 is 0 Å². The standard InChI is InChI=1S/C23H23NO3/c1-3-22(23(25)24-19-10-7-11-21(16-19)26-2)27-20-14-12-18(13-15-20)17-8-5-4-6-9-17/h4-16,22H,3H2,1-2H3,(H,24,25). The molecule has 0 aliphatic carbocycles. The molecule has 1 N–H and O–H groups in total. The lowest BCUT2D eigenvalue weighted by molar-refractivity contribution is -0.122. The number of methoxy groups -OCH3 is 1. The third-order valence-electron chi connectivity index (χ3n) is 4.24. The number of carbonyl (C=O) groups excluding carboxylic acids is 1. The van der Waals surface area contributed by atoms with E-state index in [0.29, 0.717) is 23.6 Å². The van der Waals surface area contributed by atoms with Gasteiger partial charge in [-0.25, -0.2) is 0 Å². The third-order valence-corrected chi connectivity index (χ3v) is 4.24. The van der Waals surface area contributed by atoms with Crippen LogP contribution in [0.2, 0.25) is 0 Å². The molecule has 4 nitrogen and oxygen atoms in total. The van der Waals surface area contributed by atoms with Gasteiger partial charge in [-0.2, -0.15) is 0 Å². The fourth-order valence-electron chi connectivity index (χ4n) is 2.77. The molecule has 1 unspecified atom stereocenters. The number of carbonyl (C=O) groups is 1. The summed E-state index contributed by atoms with van der Waals surface area (Å²) in [4.78, 5) is 12.6. The fourth-order valence-corrected chi connectivity index (χ4v) is 2.77. The second-order valence-corrected chi connectivity index (χ2v) is 6.13. The van der Waals surface area contributed by atoms with Gasteiger partial charge in [0.1, 0.15) is 11.5 Å². The lowest BCUT2D eigenvalue weighted by Crippen LogP contribution is -2.32. The summed E-state index contributed by atoms with van der Waals surface area (Å²) < 4.78 is 11.1. The summed E-state index contributed by atoms with van der Waals surface area (Å²) >= 11 is 0. The van der Waals surface area contributed by atoms with Crippen LogP contribution in [0.5, 0.6) is 11.5 Å². The lowest BCUT2D eigenvalue weighted by Gasteiger charge is -2.18. The maximum Gasteiger partial charge on any atom is 0.265 e. The van der Waals surface area contributed by atoms with Crippen LogP contribution in [0.4, 0.5) is 5.69 Å². The Labute approximate surface area is 159 Å². The van der Waals surface area contributed by atoms with Crippen molar-refractivity contribution in [2.75, 3.05) is 12.4 Å². The molecule has 4 heteroatoms. The summed E-state index contributed by atoms with van der Waals surface area (Å²) in [5.41, 5.74) is 2.93. The average Bonchev–Trinajstić information content (AvgIpc) is 2.73. The summed E-state index contributed by atoms with van der Waals surface area (Å²) in [5.74, 6) is 1.18. The highest BCUT2D eigenvalue weighted by atomic mass is 16.5. The van der Waals surface area contributed by atoms with E-state index in [1.165, 1.54) is 0 Å². The molecule has 1 atom stereocenters. The Bertz CT molecular complexity index is 876. The molecule has 0 aliphatic heterocycles. The van der Waals surface area contributed by atoms with Gasteiger partial charge in [0.15, 0.2) is 6.10 Å². The Morgan fingerprint density at radius 2 is 1.59 bits per heavy atom. The zero-order valence-corrected chi connectivity index (χ0v) is 15.5. The first-order valence-electron chi connectivity index (χ1n) is 8.96. The summed E-state index contributed by atoms with van der Waals surface area (Å²) in [5, 5.41) is 2.88. The Kier molecular flexibility index (Phi) is 6.10. The smallest absolute Gasteiger partial charge is 0.265 e. The fraction of sp³-hybridized carbons (Fsp3) is 0.174. The Morgan fingerprint density at radius 3 is 2.26 bits per heavy atom. The van der Waals surface area contributed by atoms with Gasteiger partial charge in [-0.05, 0) is 41.8 Å². The van der Waals surface area contributed by atoms with E-state index < -0.39 is 6.10 Å². The Morgan fingerprint density at radius 1 is 0.889 bits per heavy atom. The quantitative estimate of drug-likeness (QED) is 0.632. The highest BCUT2D eigenvalue weighted by molar-refractivity contribution is 5.94. The van der Waals surface area contributed by atoms with Crippen molar-refractivity contribution in [2.45, 2.75) is 19.4 Å². The molecule has 27 heavy (non-hydrogen) atoms. The van der Waals surface area contributed by atoms with Gasteiger partial charge in [-0.1, -0.05) is 55.5 Å². The number of rotatable bonds is 7. The number of amides is 1. The van der Waals surface area contributed by atoms with E-state index in [-0.39, 0.29) is 5.91 Å². The molecule has 0 heterocycles. The first-order valence-corrected chi connectivity index (χ1v) is 8.96. The number of benzene rings is 3. The van der Waals surface area contributed by atoms with Crippen LogP contribution in [0.25, 0.3) is 11.1 Å². The molecule has 3 aromatic carbocycles. The van der Waals surface area contributed by atoms with Crippen molar-refractivity contribution in [3.05, 3.63) is 78.9 Å². The molecule has 0 bridgehead atoms. The van der Waals surface area contributed by atoms with Crippen molar-refractivity contribution in [3.8, 4) is 22.6 Å². The lowest BCUT2D eigenvalue weighted by atomic mass is 10.1. The van der Waals surface area contributed by atoms with E-state index in [0.717, 1.165) is 11.1 Å². The number of ether oxygens (including phenoxy) is 2. The van der Waals surface area contributed by atoms with Crippen molar-refractivity contribution >= 4 is 11.6 Å². The summed E-state index contributed by atoms with van der Waals surface area (Å²) in [7, 11) is 1.60. The molecular weight excluding hydrogens is 338 g/mol. The minimum absolute atomic E-state index is 0.183. The highest BCUT2D eigenvalue weighted by Crippen LogP contribution is 2.23. The first kappa shape index (κ1) is 18.5. The van der Waals surface area contributed by atoms with Crippen LogP contribution in [0.15, 0.2) is 78.9 Å². The minimum atomic E-state index is -0.571. The molecule has 0 fully saturated rings. The molecule has 3 aromatic rings. The van der Waals surface area contributed by atoms with Gasteiger partial charge in [0, 0.05) is 11.8 Å². The van der Waals surface area contributed by atoms with E-state index in [9.17, 15) is 4.79 Å². The van der Waals surface area contributed by atoms with E-state index in [4.69, 9.17) is 9.47 Å². The van der Waals surface area contributed by atoms with Crippen molar-refractivity contribution in [2.24, 2.45) is 0 Å². The van der Waals surface area contributed by atoms with Gasteiger partial charge in [0.25, 0.3) is 5.91 Å². The summed E-state index contributed by atoms with van der Waals surface area (Å²) in [6.07, 6.45) is -0.00486. The van der Waals surface area contributed by atoms with Gasteiger partial charge in [0.05, 0.1) is 7.11 Å². The zero-order chi connectivity index (χ0) is 19.1. The molecule has 1 amide bonds. The number of hydrogen-bond acceptors (Lipinski definition) is 3. The van der Waals surface area contributed by atoms with E-state index in [1.54, 1.807) is 13.2 Å². The van der Waals surface area contributed by atoms with Gasteiger partial charge >= 0.3 is 0 Å². The second-order valence-electron chi connectivity index (χ2n) is 6.13. The molecule has 3 rings (SSSR count). The van der Waals surface area contributed by atoms with Gasteiger partial charge < -0.3 is 14.8 Å². The number of hydrogen-bond donors (Lipinski definition) is 1. The summed E-state index contributed by atoms with van der Waals surface area (Å²) in [6.45, 7) is 1.92. The third kappa shape index (κ3) is 4.88. The van der Waals surface area contributed by atoms with Crippen LogP contribution >= 0.6 is 0 Å². The Balaban J connectivity index is 1.66. The molecule has 0 aromatic heterocycles. The monoisotopic (exact) mass is 361 g/mol. The highest BCUT2D eigenvalue weighted by Gasteiger charge is 2.18. The number of anilines is 1. The van der Waals surface area contributed by atoms with Crippen LogP contribution in [0.3, 0.4) is 0 Å². The van der Waals surface area contributed by atoms with Crippen LogP contribution in [-0.4, -0.2) is 19.1 Å². The van der Waals surface area contributed by atoms with E-state index in [2.05, 4.69) is 17.4 Å². The molecule has 0 spiro atoms. The molecule has 0 radical (unpaired) electrons. The molecule has 0 aliphatic rings. The van der Waals surface area contributed by atoms with Crippen molar-refractivity contribution in [1.29, 1.82) is 0 Å². The largest absolute Gasteiger partial charge is 0.497 e. The van der Waals surface area contributed by atoms with Crippen LogP contribution in [0, 0.1) is 0 Å². The predicted octanol–water partition coefficient (Wildman–Crippen LogP) is 5.16. The SMILES string of the molecule is CCC(Oc1ccc(-c2ccccc2)cc1)C(=O)Nc1cccc(OC)c1. The maximum absolute atomic E-state index is 12.6. The van der Waals surface area contributed by atoms with Crippen molar-refractivity contribution < 1.29 is 14.3 Å². The minimum Gasteiger partial charge on any atom is -0.497 e. The van der Waals surface area contributed by atoms with Crippen LogP contribution in [-0.2, 0) is 4.79 Å². The average molecular weight is 361 g/mol. The number of nitrogens with one attached hydrogen (secondary N) is 1. The summed E-state index contributed by atoms with van der Waals surface area (Å²) in [6, 6.07) is 25.2. The van der Waals surface area contributed by atoms with Gasteiger partial charge in [-0.15, -0.1) is 0 Å². The zero-order valence-electron chi connectivity index (χ0n) is 15.5. The van der Waals surface area contributed by atoms with Gasteiger partial charge in [0.2, 0.25) is 0 Å². The molecule has 138 valence electrons. The Hall–Kier alpha value is -3.27. The maximum atomic E-state index is 12.6. The van der Waals surface area contributed by atoms with Crippen LogP contribution < -0.4 is 14.8 Å². The normalized spacial score (nSPS) is 11.5. The van der Waals surface area contributed by atoms with Crippen molar-refractivity contribution in [1.82, 2.24) is 0 Å². The first-order chi connectivity index (χ1) is 13.2. The molecule has 0 saturated heterocycles. The molecule has 0 saturated carbocycles. The molecular formula is C23H23NO3. The topological polar surface area (TPSA) is 47.6 Å². The van der Waals surface area contributed by atoms with Crippen LogP contribution in [0.1, 0.15) is 13.3 Å². The van der Waals surface area contributed by atoms with E-state index in [1.807, 2.05) is 67.6 Å². The van der Waals surface area contributed by atoms with Crippen molar-refractivity contribution in [3.63, 3.8) is 0 Å². The second kappa shape index (κ2) is 8.90. The van der Waals surface area contributed by atoms with Gasteiger partial charge in [-0.3, -0.25) is 4.79 Å².